The van der Waals surface area contributed by atoms with Crippen LogP contribution in [0.4, 0.5) is 0 Å². The Morgan fingerprint density at radius 1 is 1.23 bits per heavy atom. The van der Waals surface area contributed by atoms with E-state index < -0.39 is 11.6 Å². The summed E-state index contributed by atoms with van der Waals surface area (Å²) in [6.07, 6.45) is 0. The molecule has 0 aliphatic rings. The third-order valence-electron chi connectivity index (χ3n) is 3.25. The molecule has 0 atom stereocenters. The van der Waals surface area contributed by atoms with Crippen LogP contribution in [0, 0.1) is 18.3 Å². The summed E-state index contributed by atoms with van der Waals surface area (Å²) in [6.45, 7) is 2.15. The van der Waals surface area contributed by atoms with Gasteiger partial charge in [-0.25, -0.2) is 0 Å². The lowest BCUT2D eigenvalue weighted by Gasteiger charge is -2.10. The minimum absolute atomic E-state index is 0.158. The Bertz CT molecular complexity index is 746. The van der Waals surface area contributed by atoms with E-state index in [1.54, 1.807) is 6.07 Å². The van der Waals surface area contributed by atoms with Crippen molar-refractivity contribution in [2.45, 2.75) is 13.5 Å². The van der Waals surface area contributed by atoms with Gasteiger partial charge >= 0.3 is 0 Å². The molecule has 22 heavy (non-hydrogen) atoms. The van der Waals surface area contributed by atoms with E-state index in [0.717, 1.165) is 22.3 Å². The quantitative estimate of drug-likeness (QED) is 0.678. The highest BCUT2D eigenvalue weighted by Crippen LogP contribution is 2.25. The predicted octanol–water partition coefficient (Wildman–Crippen LogP) is 2.54. The molecule has 2 aromatic carbocycles. The van der Waals surface area contributed by atoms with Crippen molar-refractivity contribution in [3.63, 3.8) is 0 Å². The number of carbonyl (C=O) groups is 1. The number of carbonyl (C=O) groups excluding carboxylic acids is 1. The average Bonchev–Trinajstić information content (AvgIpc) is 2.53. The summed E-state index contributed by atoms with van der Waals surface area (Å²) in [5.41, 5.74) is 8.73. The van der Waals surface area contributed by atoms with Crippen LogP contribution in [-0.2, 0) is 16.2 Å². The number of rotatable bonds is 5. The zero-order chi connectivity index (χ0) is 15.9. The first-order chi connectivity index (χ1) is 10.6. The number of hydrogen-bond donors (Lipinski definition) is 1. The molecule has 0 fully saturated rings. The number of benzene rings is 2. The normalized spacial score (nSPS) is 10.8. The van der Waals surface area contributed by atoms with E-state index in [9.17, 15) is 4.79 Å². The molecule has 0 radical (unpaired) electrons. The van der Waals surface area contributed by atoms with E-state index in [4.69, 9.17) is 15.8 Å². The van der Waals surface area contributed by atoms with E-state index in [2.05, 4.69) is 5.16 Å². The molecule has 2 aromatic rings. The molecule has 1 amide bonds. The van der Waals surface area contributed by atoms with Crippen LogP contribution in [-0.4, -0.2) is 11.6 Å². The predicted molar refractivity (Wildman–Crippen MR) is 83.6 cm³/mol. The largest absolute Gasteiger partial charge is 0.390 e. The van der Waals surface area contributed by atoms with Crippen LogP contribution in [0.15, 0.2) is 53.7 Å². The van der Waals surface area contributed by atoms with Gasteiger partial charge in [0.1, 0.15) is 12.7 Å². The number of primary amides is 1. The Kier molecular flexibility index (Phi) is 4.89. The fourth-order valence-electron chi connectivity index (χ4n) is 2.06. The van der Waals surface area contributed by atoms with Gasteiger partial charge in [0.25, 0.3) is 5.91 Å². The lowest BCUT2D eigenvalue weighted by atomic mass is 9.97. The van der Waals surface area contributed by atoms with E-state index in [1.165, 1.54) is 0 Å². The highest BCUT2D eigenvalue weighted by atomic mass is 16.6. The Labute approximate surface area is 128 Å². The molecule has 0 spiro atoms. The SMILES string of the molecule is Cc1c(CO/N=C(/C#N)C(N)=O)cccc1-c1ccccc1. The van der Waals surface area contributed by atoms with E-state index in [-0.39, 0.29) is 6.61 Å². The zero-order valence-corrected chi connectivity index (χ0v) is 12.1. The van der Waals surface area contributed by atoms with Crippen molar-refractivity contribution in [1.82, 2.24) is 0 Å². The maximum atomic E-state index is 10.9. The summed E-state index contributed by atoms with van der Waals surface area (Å²) in [5.74, 6) is -0.905. The first kappa shape index (κ1) is 15.3. The van der Waals surface area contributed by atoms with Crippen molar-refractivity contribution >= 4 is 11.6 Å². The Morgan fingerprint density at radius 3 is 2.59 bits per heavy atom. The maximum Gasteiger partial charge on any atom is 0.281 e. The van der Waals surface area contributed by atoms with Gasteiger partial charge in [-0.15, -0.1) is 0 Å². The Hall–Kier alpha value is -3.13. The van der Waals surface area contributed by atoms with Gasteiger partial charge in [0, 0.05) is 0 Å². The maximum absolute atomic E-state index is 10.9. The van der Waals surface area contributed by atoms with Crippen molar-refractivity contribution in [3.8, 4) is 17.2 Å². The second kappa shape index (κ2) is 7.04. The topological polar surface area (TPSA) is 88.5 Å². The van der Waals surface area contributed by atoms with Crippen molar-refractivity contribution in [2.75, 3.05) is 0 Å². The Morgan fingerprint density at radius 2 is 1.95 bits per heavy atom. The lowest BCUT2D eigenvalue weighted by Crippen LogP contribution is -2.21. The van der Waals surface area contributed by atoms with E-state index >= 15 is 0 Å². The third kappa shape index (κ3) is 3.49. The molecule has 110 valence electrons. The van der Waals surface area contributed by atoms with Gasteiger partial charge in [0.15, 0.2) is 0 Å². The third-order valence-corrected chi connectivity index (χ3v) is 3.25. The van der Waals surface area contributed by atoms with Crippen LogP contribution in [0.5, 0.6) is 0 Å². The molecular weight excluding hydrogens is 278 g/mol. The number of nitriles is 1. The summed E-state index contributed by atoms with van der Waals surface area (Å²) >= 11 is 0. The minimum Gasteiger partial charge on any atom is -0.390 e. The number of nitrogens with zero attached hydrogens (tertiary/aromatic N) is 2. The van der Waals surface area contributed by atoms with Gasteiger partial charge in [-0.3, -0.25) is 4.79 Å². The van der Waals surface area contributed by atoms with Crippen molar-refractivity contribution in [1.29, 1.82) is 5.26 Å². The summed E-state index contributed by atoms with van der Waals surface area (Å²) in [5, 5.41) is 12.1. The standard InChI is InChI=1S/C17H15N3O2/c1-12-14(11-22-20-16(10-18)17(19)21)8-5-9-15(12)13-6-3-2-4-7-13/h2-9H,11H2,1H3,(H2,19,21)/b20-16-. The van der Waals surface area contributed by atoms with Crippen LogP contribution < -0.4 is 5.73 Å². The zero-order valence-electron chi connectivity index (χ0n) is 12.1. The monoisotopic (exact) mass is 293 g/mol. The van der Waals surface area contributed by atoms with Crippen LogP contribution >= 0.6 is 0 Å². The van der Waals surface area contributed by atoms with Gasteiger partial charge < -0.3 is 10.6 Å². The molecule has 0 saturated heterocycles. The van der Waals surface area contributed by atoms with Crippen molar-refractivity contribution in [3.05, 3.63) is 59.7 Å². The highest BCUT2D eigenvalue weighted by Gasteiger charge is 2.08. The fraction of sp³-hybridized carbons (Fsp3) is 0.118. The molecular formula is C17H15N3O2. The molecule has 0 aromatic heterocycles. The smallest absolute Gasteiger partial charge is 0.281 e. The van der Waals surface area contributed by atoms with Crippen molar-refractivity contribution in [2.24, 2.45) is 10.9 Å². The van der Waals surface area contributed by atoms with Crippen LogP contribution in [0.25, 0.3) is 11.1 Å². The van der Waals surface area contributed by atoms with Gasteiger partial charge in [-0.1, -0.05) is 53.7 Å². The molecule has 0 aliphatic heterocycles. The molecule has 5 nitrogen and oxygen atoms in total. The number of oxime groups is 1. The summed E-state index contributed by atoms with van der Waals surface area (Å²) in [7, 11) is 0. The minimum atomic E-state index is -0.905. The van der Waals surface area contributed by atoms with E-state index in [1.807, 2.05) is 55.5 Å². The van der Waals surface area contributed by atoms with Crippen LogP contribution in [0.3, 0.4) is 0 Å². The second-order valence-electron chi connectivity index (χ2n) is 4.65. The Balaban J connectivity index is 2.20. The summed E-state index contributed by atoms with van der Waals surface area (Å²) in [6, 6.07) is 17.5. The van der Waals surface area contributed by atoms with Gasteiger partial charge in [-0.05, 0) is 29.2 Å². The molecule has 0 unspecified atom stereocenters. The summed E-state index contributed by atoms with van der Waals surface area (Å²) < 4.78 is 0. The molecule has 0 heterocycles. The average molecular weight is 293 g/mol. The molecule has 0 aliphatic carbocycles. The second-order valence-corrected chi connectivity index (χ2v) is 4.65. The first-order valence-electron chi connectivity index (χ1n) is 6.67. The van der Waals surface area contributed by atoms with Crippen molar-refractivity contribution < 1.29 is 9.63 Å². The molecule has 0 saturated carbocycles. The highest BCUT2D eigenvalue weighted by molar-refractivity contribution is 6.44. The van der Waals surface area contributed by atoms with E-state index in [0.29, 0.717) is 0 Å². The molecule has 5 heteroatoms. The number of hydrogen-bond acceptors (Lipinski definition) is 4. The van der Waals surface area contributed by atoms with Gasteiger partial charge in [0.2, 0.25) is 5.71 Å². The van der Waals surface area contributed by atoms with Crippen LogP contribution in [0.2, 0.25) is 0 Å². The molecule has 0 bridgehead atoms. The lowest BCUT2D eigenvalue weighted by molar-refractivity contribution is -0.112. The number of amides is 1. The van der Waals surface area contributed by atoms with Gasteiger partial charge in [0.05, 0.1) is 0 Å². The fourth-order valence-corrected chi connectivity index (χ4v) is 2.06. The number of nitrogens with two attached hydrogens (primary N) is 1. The first-order valence-corrected chi connectivity index (χ1v) is 6.67. The molecule has 2 N–H and O–H groups in total. The molecule has 2 rings (SSSR count). The van der Waals surface area contributed by atoms with Crippen LogP contribution in [0.1, 0.15) is 11.1 Å². The summed E-state index contributed by atoms with van der Waals surface area (Å²) in [4.78, 5) is 15.9. The van der Waals surface area contributed by atoms with Gasteiger partial charge in [-0.2, -0.15) is 5.26 Å².